The minimum atomic E-state index is -0.845. The summed E-state index contributed by atoms with van der Waals surface area (Å²) in [6, 6.07) is 10.0. The number of nitrogens with two attached hydrogens (primary N) is 1. The minimum absolute atomic E-state index is 0.0573. The number of hydrogen-bond donors (Lipinski definition) is 2. The van der Waals surface area contributed by atoms with E-state index in [1.54, 1.807) is 6.07 Å². The molecule has 3 N–H and O–H groups in total. The molecule has 1 aliphatic heterocycles. The minimum Gasteiger partial charge on any atom is -0.420 e. The number of allylic oxidation sites excluding steroid dienone is 3. The van der Waals surface area contributed by atoms with E-state index in [0.717, 1.165) is 34.1 Å². The highest BCUT2D eigenvalue weighted by molar-refractivity contribution is 9.10. The van der Waals surface area contributed by atoms with E-state index < -0.39 is 5.41 Å². The van der Waals surface area contributed by atoms with Gasteiger partial charge in [-0.3, -0.25) is 5.10 Å². The first-order valence-corrected chi connectivity index (χ1v) is 9.31. The molecule has 0 amide bonds. The number of benzene rings is 1. The van der Waals surface area contributed by atoms with Gasteiger partial charge < -0.3 is 10.5 Å². The monoisotopic (exact) mass is 421 g/mol. The van der Waals surface area contributed by atoms with E-state index in [1.165, 1.54) is 0 Å². The molecule has 0 spiro atoms. The molecular weight excluding hydrogens is 406 g/mol. The third-order valence-electron chi connectivity index (χ3n) is 5.37. The van der Waals surface area contributed by atoms with Crippen molar-refractivity contribution >= 4 is 15.9 Å². The van der Waals surface area contributed by atoms with Gasteiger partial charge in [-0.2, -0.15) is 10.5 Å². The Morgan fingerprint density at radius 2 is 2.00 bits per heavy atom. The van der Waals surface area contributed by atoms with Crippen LogP contribution in [0.15, 0.2) is 46.3 Å². The number of halogens is 1. The van der Waals surface area contributed by atoms with Crippen LogP contribution in [0.1, 0.15) is 35.2 Å². The average molecular weight is 422 g/mol. The van der Waals surface area contributed by atoms with Crippen LogP contribution < -0.4 is 10.5 Å². The zero-order valence-corrected chi connectivity index (χ0v) is 16.2. The SMILES string of the molecule is Cc1[nH]nc2c1C(c1cc(Br)cc(C#N)c1)(C1CC=CC1)C(C#N)=C(N)O2. The number of ether oxygens (including phenoxy) is 1. The number of fused-ring (bicyclic) bond motifs is 1. The first kappa shape index (κ1) is 17.4. The quantitative estimate of drug-likeness (QED) is 0.717. The van der Waals surface area contributed by atoms with Gasteiger partial charge in [-0.1, -0.05) is 28.1 Å². The molecule has 134 valence electrons. The van der Waals surface area contributed by atoms with Crippen molar-refractivity contribution < 1.29 is 4.74 Å². The number of aryl methyl sites for hydroxylation is 1. The Morgan fingerprint density at radius 3 is 2.67 bits per heavy atom. The van der Waals surface area contributed by atoms with E-state index in [4.69, 9.17) is 10.5 Å². The molecule has 1 unspecified atom stereocenters. The summed E-state index contributed by atoms with van der Waals surface area (Å²) < 4.78 is 6.45. The number of hydrogen-bond acceptors (Lipinski definition) is 5. The van der Waals surface area contributed by atoms with Crippen molar-refractivity contribution in [2.24, 2.45) is 11.7 Å². The zero-order chi connectivity index (χ0) is 19.2. The second-order valence-electron chi connectivity index (χ2n) is 6.77. The van der Waals surface area contributed by atoms with Gasteiger partial charge in [0.05, 0.1) is 22.6 Å². The Morgan fingerprint density at radius 1 is 1.26 bits per heavy atom. The molecule has 1 atom stereocenters. The first-order valence-electron chi connectivity index (χ1n) is 8.52. The van der Waals surface area contributed by atoms with Crippen LogP contribution in [0.5, 0.6) is 5.88 Å². The highest BCUT2D eigenvalue weighted by Crippen LogP contribution is 2.55. The largest absolute Gasteiger partial charge is 0.420 e. The van der Waals surface area contributed by atoms with Gasteiger partial charge in [-0.25, -0.2) is 0 Å². The number of nitrogens with one attached hydrogen (secondary N) is 1. The molecule has 1 aromatic heterocycles. The van der Waals surface area contributed by atoms with Crippen LogP contribution in [-0.2, 0) is 5.41 Å². The summed E-state index contributed by atoms with van der Waals surface area (Å²) in [5.41, 5.74) is 8.66. The maximum atomic E-state index is 10.1. The summed E-state index contributed by atoms with van der Waals surface area (Å²) in [7, 11) is 0. The maximum Gasteiger partial charge on any atom is 0.244 e. The van der Waals surface area contributed by atoms with Crippen molar-refractivity contribution in [3.05, 3.63) is 68.7 Å². The van der Waals surface area contributed by atoms with Crippen molar-refractivity contribution in [1.29, 1.82) is 10.5 Å². The summed E-state index contributed by atoms with van der Waals surface area (Å²) in [6.07, 6.45) is 5.81. The predicted octanol–water partition coefficient (Wildman–Crippen LogP) is 3.69. The molecule has 0 bridgehead atoms. The molecule has 2 heterocycles. The van der Waals surface area contributed by atoms with E-state index in [-0.39, 0.29) is 11.8 Å². The lowest BCUT2D eigenvalue weighted by Crippen LogP contribution is -2.42. The summed E-state index contributed by atoms with van der Waals surface area (Å²) in [6.45, 7) is 1.91. The standard InChI is InChI=1S/C20H16BrN5O/c1-11-17-19(26-25-11)27-18(24)16(10-23)20(17,13-4-2-3-5-13)14-6-12(9-22)7-15(21)8-14/h2-3,6-8,13H,4-5,24H2,1H3,(H,25,26). The van der Waals surface area contributed by atoms with Crippen molar-refractivity contribution in [1.82, 2.24) is 10.2 Å². The van der Waals surface area contributed by atoms with Gasteiger partial charge >= 0.3 is 0 Å². The summed E-state index contributed by atoms with van der Waals surface area (Å²) in [5, 5.41) is 26.8. The summed E-state index contributed by atoms with van der Waals surface area (Å²) >= 11 is 3.51. The molecule has 4 rings (SSSR count). The number of rotatable bonds is 2. The highest BCUT2D eigenvalue weighted by atomic mass is 79.9. The topological polar surface area (TPSA) is 112 Å². The van der Waals surface area contributed by atoms with Crippen LogP contribution in [0.3, 0.4) is 0 Å². The van der Waals surface area contributed by atoms with Gasteiger partial charge in [0.2, 0.25) is 11.8 Å². The normalized spacial score (nSPS) is 21.5. The molecule has 2 aromatic rings. The molecule has 1 aliphatic carbocycles. The second kappa shape index (κ2) is 6.29. The Labute approximate surface area is 165 Å². The number of nitrogens with zero attached hydrogens (tertiary/aromatic N) is 3. The number of aromatic amines is 1. The van der Waals surface area contributed by atoms with Crippen molar-refractivity contribution in [2.75, 3.05) is 0 Å². The van der Waals surface area contributed by atoms with Crippen LogP contribution in [0.2, 0.25) is 0 Å². The van der Waals surface area contributed by atoms with E-state index in [0.29, 0.717) is 17.0 Å². The van der Waals surface area contributed by atoms with E-state index >= 15 is 0 Å². The lowest BCUT2D eigenvalue weighted by molar-refractivity contribution is 0.308. The molecule has 2 aliphatic rings. The van der Waals surface area contributed by atoms with Crippen LogP contribution in [0, 0.1) is 35.5 Å². The van der Waals surface area contributed by atoms with Gasteiger partial charge in [0.25, 0.3) is 0 Å². The lowest BCUT2D eigenvalue weighted by Gasteiger charge is -2.42. The molecule has 1 aromatic carbocycles. The van der Waals surface area contributed by atoms with Crippen LogP contribution in [-0.4, -0.2) is 10.2 Å². The van der Waals surface area contributed by atoms with Gasteiger partial charge in [0.1, 0.15) is 11.6 Å². The molecular formula is C20H16BrN5O. The number of nitriles is 2. The fourth-order valence-electron chi connectivity index (χ4n) is 4.35. The smallest absolute Gasteiger partial charge is 0.244 e. The molecule has 0 radical (unpaired) electrons. The Bertz CT molecular complexity index is 1080. The van der Waals surface area contributed by atoms with Gasteiger partial charge in [0, 0.05) is 10.2 Å². The van der Waals surface area contributed by atoms with Gasteiger partial charge in [0.15, 0.2) is 0 Å². The first-order chi connectivity index (χ1) is 13.0. The highest BCUT2D eigenvalue weighted by Gasteiger charge is 2.53. The Kier molecular flexibility index (Phi) is 4.05. The molecule has 0 saturated carbocycles. The third-order valence-corrected chi connectivity index (χ3v) is 5.83. The van der Waals surface area contributed by atoms with Crippen LogP contribution in [0.4, 0.5) is 0 Å². The molecule has 0 saturated heterocycles. The fraction of sp³-hybridized carbons (Fsp3) is 0.250. The van der Waals surface area contributed by atoms with E-state index in [2.05, 4.69) is 50.4 Å². The van der Waals surface area contributed by atoms with Gasteiger partial charge in [-0.05, 0) is 49.4 Å². The average Bonchev–Trinajstić information content (AvgIpc) is 3.31. The number of H-pyrrole nitrogens is 1. The van der Waals surface area contributed by atoms with Crippen molar-refractivity contribution in [3.8, 4) is 18.0 Å². The van der Waals surface area contributed by atoms with E-state index in [1.807, 2.05) is 19.1 Å². The van der Waals surface area contributed by atoms with Crippen LogP contribution >= 0.6 is 15.9 Å². The van der Waals surface area contributed by atoms with Gasteiger partial charge in [-0.15, -0.1) is 5.10 Å². The maximum absolute atomic E-state index is 10.1. The molecule has 7 heteroatoms. The Hall–Kier alpha value is -3.03. The zero-order valence-electron chi connectivity index (χ0n) is 14.6. The van der Waals surface area contributed by atoms with Crippen molar-refractivity contribution in [3.63, 3.8) is 0 Å². The summed E-state index contributed by atoms with van der Waals surface area (Å²) in [5.74, 6) is 0.502. The molecule has 0 fully saturated rings. The molecule has 6 nitrogen and oxygen atoms in total. The summed E-state index contributed by atoms with van der Waals surface area (Å²) in [4.78, 5) is 0. The third kappa shape index (κ3) is 2.39. The van der Waals surface area contributed by atoms with Crippen LogP contribution in [0.25, 0.3) is 0 Å². The number of aromatic nitrogens is 2. The lowest BCUT2D eigenvalue weighted by atomic mass is 9.60. The van der Waals surface area contributed by atoms with Crippen molar-refractivity contribution in [2.45, 2.75) is 25.2 Å². The predicted molar refractivity (Wildman–Crippen MR) is 102 cm³/mol. The second-order valence-corrected chi connectivity index (χ2v) is 7.69. The molecule has 27 heavy (non-hydrogen) atoms. The Balaban J connectivity index is 2.14. The van der Waals surface area contributed by atoms with E-state index in [9.17, 15) is 10.5 Å². The fourth-order valence-corrected chi connectivity index (χ4v) is 4.84.